The summed E-state index contributed by atoms with van der Waals surface area (Å²) in [6, 6.07) is 14.4. The second-order valence-electron chi connectivity index (χ2n) is 7.67. The highest BCUT2D eigenvalue weighted by Gasteiger charge is 2.29. The van der Waals surface area contributed by atoms with Gasteiger partial charge in [0.25, 0.3) is 0 Å². The minimum absolute atomic E-state index is 0.0340. The molecule has 0 bridgehead atoms. The number of amides is 2. The van der Waals surface area contributed by atoms with Crippen LogP contribution in [0, 0.1) is 5.92 Å². The summed E-state index contributed by atoms with van der Waals surface area (Å²) in [6.07, 6.45) is 1.43. The molecule has 30 heavy (non-hydrogen) atoms. The van der Waals surface area contributed by atoms with E-state index in [2.05, 4.69) is 25.5 Å². The van der Waals surface area contributed by atoms with E-state index in [1.54, 1.807) is 18.2 Å². The first-order valence-corrected chi connectivity index (χ1v) is 10.1. The van der Waals surface area contributed by atoms with Gasteiger partial charge in [-0.15, -0.1) is 0 Å². The lowest BCUT2D eigenvalue weighted by molar-refractivity contribution is -0.123. The average molecular weight is 407 g/mol. The van der Waals surface area contributed by atoms with E-state index in [4.69, 9.17) is 0 Å². The van der Waals surface area contributed by atoms with Crippen LogP contribution in [0.5, 0.6) is 0 Å². The molecular formula is C22H25N5O3. The van der Waals surface area contributed by atoms with Crippen molar-refractivity contribution in [3.05, 3.63) is 59.0 Å². The third-order valence-corrected chi connectivity index (χ3v) is 5.65. The molecule has 0 unspecified atom stereocenters. The Kier molecular flexibility index (Phi) is 5.67. The Labute approximate surface area is 173 Å². The van der Waals surface area contributed by atoms with E-state index in [1.807, 2.05) is 37.3 Å². The fourth-order valence-corrected chi connectivity index (χ4v) is 3.84. The molecule has 1 fully saturated rings. The first-order valence-electron chi connectivity index (χ1n) is 10.1. The fourth-order valence-electron chi connectivity index (χ4n) is 3.84. The van der Waals surface area contributed by atoms with Crippen LogP contribution in [-0.2, 0) is 9.59 Å². The van der Waals surface area contributed by atoms with Crippen molar-refractivity contribution in [1.29, 1.82) is 0 Å². The number of para-hydroxylation sites is 1. The number of anilines is 2. The Hall–Kier alpha value is -3.39. The van der Waals surface area contributed by atoms with Crippen LogP contribution in [0.25, 0.3) is 11.0 Å². The van der Waals surface area contributed by atoms with Gasteiger partial charge >= 0.3 is 5.69 Å². The van der Waals surface area contributed by atoms with Crippen LogP contribution in [0.4, 0.5) is 11.4 Å². The molecule has 1 aliphatic rings. The number of benzene rings is 2. The number of hydrogen-bond acceptors (Lipinski definition) is 4. The van der Waals surface area contributed by atoms with Crippen LogP contribution < -0.4 is 16.3 Å². The summed E-state index contributed by atoms with van der Waals surface area (Å²) in [5.74, 6) is -0.129. The predicted molar refractivity (Wildman–Crippen MR) is 116 cm³/mol. The zero-order chi connectivity index (χ0) is 21.1. The molecule has 1 aliphatic heterocycles. The normalized spacial score (nSPS) is 16.3. The van der Waals surface area contributed by atoms with Crippen molar-refractivity contribution in [1.82, 2.24) is 14.9 Å². The number of nitrogens with zero attached hydrogens (tertiary/aromatic N) is 1. The number of H-pyrrole nitrogens is 2. The number of rotatable bonds is 5. The number of fused-ring (bicyclic) bond motifs is 1. The van der Waals surface area contributed by atoms with Crippen molar-refractivity contribution in [3.63, 3.8) is 0 Å². The number of piperidine rings is 1. The van der Waals surface area contributed by atoms with Gasteiger partial charge in [0.2, 0.25) is 11.8 Å². The quantitative estimate of drug-likeness (QED) is 0.521. The second kappa shape index (κ2) is 8.54. The minimum Gasteiger partial charge on any atom is -0.326 e. The van der Waals surface area contributed by atoms with Gasteiger partial charge < -0.3 is 20.6 Å². The molecule has 2 amide bonds. The van der Waals surface area contributed by atoms with Crippen molar-refractivity contribution in [2.24, 2.45) is 5.92 Å². The second-order valence-corrected chi connectivity index (χ2v) is 7.67. The molecular weight excluding hydrogens is 382 g/mol. The molecule has 0 radical (unpaired) electrons. The molecule has 4 N–H and O–H groups in total. The molecule has 8 heteroatoms. The molecule has 2 heterocycles. The Morgan fingerprint density at radius 2 is 1.67 bits per heavy atom. The van der Waals surface area contributed by atoms with Gasteiger partial charge in [-0.3, -0.25) is 14.5 Å². The van der Waals surface area contributed by atoms with Gasteiger partial charge in [0, 0.05) is 17.3 Å². The third kappa shape index (κ3) is 4.44. The van der Waals surface area contributed by atoms with Gasteiger partial charge in [0.05, 0.1) is 17.1 Å². The zero-order valence-electron chi connectivity index (χ0n) is 16.8. The van der Waals surface area contributed by atoms with Gasteiger partial charge in [-0.05, 0) is 63.2 Å². The van der Waals surface area contributed by atoms with Gasteiger partial charge in [0.15, 0.2) is 0 Å². The Balaban J connectivity index is 1.30. The minimum atomic E-state index is -0.316. The number of imidazole rings is 1. The Morgan fingerprint density at radius 1 is 0.967 bits per heavy atom. The molecule has 0 aliphatic carbocycles. The summed E-state index contributed by atoms with van der Waals surface area (Å²) in [5.41, 5.74) is 2.50. The van der Waals surface area contributed by atoms with Gasteiger partial charge in [-0.2, -0.15) is 0 Å². The van der Waals surface area contributed by atoms with Crippen LogP contribution >= 0.6 is 0 Å². The summed E-state index contributed by atoms with van der Waals surface area (Å²) >= 11 is 0. The number of carbonyl (C=O) groups excluding carboxylic acids is 2. The third-order valence-electron chi connectivity index (χ3n) is 5.65. The molecule has 2 aromatic carbocycles. The van der Waals surface area contributed by atoms with Crippen LogP contribution in [0.3, 0.4) is 0 Å². The van der Waals surface area contributed by atoms with Crippen molar-refractivity contribution in [3.8, 4) is 0 Å². The Morgan fingerprint density at radius 3 is 2.40 bits per heavy atom. The molecule has 1 aromatic heterocycles. The summed E-state index contributed by atoms with van der Waals surface area (Å²) in [7, 11) is 0. The maximum atomic E-state index is 12.7. The van der Waals surface area contributed by atoms with Crippen molar-refractivity contribution >= 4 is 34.2 Å². The highest BCUT2D eigenvalue weighted by atomic mass is 16.2. The number of nitrogens with one attached hydrogen (secondary N) is 4. The number of aromatic nitrogens is 2. The summed E-state index contributed by atoms with van der Waals surface area (Å²) in [6.45, 7) is 3.24. The van der Waals surface area contributed by atoms with E-state index in [0.717, 1.165) is 5.69 Å². The predicted octanol–water partition coefficient (Wildman–Crippen LogP) is 2.53. The molecule has 0 spiro atoms. The standard InChI is InChI=1S/C22H25N5O3/c1-14(20(28)24-17-7-8-18-19(13-17)26-22(30)25-18)27-11-9-15(10-12-27)21(29)23-16-5-3-2-4-6-16/h2-8,13-15H,9-12H2,1H3,(H,23,29)(H,24,28)(H2,25,26,30)/t14-/m0/s1. The fraction of sp³-hybridized carbons (Fsp3) is 0.318. The lowest BCUT2D eigenvalue weighted by Gasteiger charge is -2.34. The maximum absolute atomic E-state index is 12.7. The topological polar surface area (TPSA) is 110 Å². The molecule has 1 saturated heterocycles. The van der Waals surface area contributed by atoms with E-state index in [9.17, 15) is 14.4 Å². The van der Waals surface area contributed by atoms with E-state index in [1.165, 1.54) is 0 Å². The van der Waals surface area contributed by atoms with Gasteiger partial charge in [0.1, 0.15) is 0 Å². The summed E-state index contributed by atoms with van der Waals surface area (Å²) < 4.78 is 0. The van der Waals surface area contributed by atoms with Crippen molar-refractivity contribution in [2.75, 3.05) is 23.7 Å². The number of aromatic amines is 2. The number of hydrogen-bond donors (Lipinski definition) is 4. The molecule has 156 valence electrons. The zero-order valence-corrected chi connectivity index (χ0v) is 16.8. The lowest BCUT2D eigenvalue weighted by Crippen LogP contribution is -2.47. The van der Waals surface area contributed by atoms with Crippen molar-refractivity contribution in [2.45, 2.75) is 25.8 Å². The Bertz CT molecular complexity index is 1100. The SMILES string of the molecule is C[C@@H](C(=O)Nc1ccc2[nH]c(=O)[nH]c2c1)N1CCC(C(=O)Nc2ccccc2)CC1. The largest absolute Gasteiger partial charge is 0.326 e. The van der Waals surface area contributed by atoms with Crippen molar-refractivity contribution < 1.29 is 9.59 Å². The monoisotopic (exact) mass is 407 g/mol. The lowest BCUT2D eigenvalue weighted by atomic mass is 9.94. The molecule has 3 aromatic rings. The first kappa shape index (κ1) is 19.9. The van der Waals surface area contributed by atoms with Crippen LogP contribution in [-0.4, -0.2) is 45.8 Å². The van der Waals surface area contributed by atoms with E-state index in [-0.39, 0.29) is 29.5 Å². The first-order chi connectivity index (χ1) is 14.5. The van der Waals surface area contributed by atoms with Crippen LogP contribution in [0.15, 0.2) is 53.3 Å². The molecule has 4 rings (SSSR count). The van der Waals surface area contributed by atoms with E-state index in [0.29, 0.717) is 42.7 Å². The van der Waals surface area contributed by atoms with Gasteiger partial charge in [-0.1, -0.05) is 18.2 Å². The number of likely N-dealkylation sites (tertiary alicyclic amines) is 1. The maximum Gasteiger partial charge on any atom is 0.323 e. The van der Waals surface area contributed by atoms with Crippen LogP contribution in [0.1, 0.15) is 19.8 Å². The smallest absolute Gasteiger partial charge is 0.323 e. The van der Waals surface area contributed by atoms with Gasteiger partial charge in [-0.25, -0.2) is 4.79 Å². The summed E-state index contributed by atoms with van der Waals surface area (Å²) in [4.78, 5) is 44.0. The molecule has 1 atom stereocenters. The van der Waals surface area contributed by atoms with E-state index < -0.39 is 0 Å². The molecule has 8 nitrogen and oxygen atoms in total. The van der Waals surface area contributed by atoms with Crippen LogP contribution in [0.2, 0.25) is 0 Å². The average Bonchev–Trinajstić information content (AvgIpc) is 3.13. The summed E-state index contributed by atoms with van der Waals surface area (Å²) in [5, 5.41) is 5.87. The highest BCUT2D eigenvalue weighted by molar-refractivity contribution is 5.96. The molecule has 0 saturated carbocycles. The highest BCUT2D eigenvalue weighted by Crippen LogP contribution is 2.22. The van der Waals surface area contributed by atoms with E-state index >= 15 is 0 Å². The number of carbonyl (C=O) groups is 2.